The third-order valence-corrected chi connectivity index (χ3v) is 4.22. The van der Waals surface area contributed by atoms with Gasteiger partial charge >= 0.3 is 17.9 Å². The van der Waals surface area contributed by atoms with Crippen LogP contribution in [0.5, 0.6) is 0 Å². The summed E-state index contributed by atoms with van der Waals surface area (Å²) in [6.45, 7) is 6.98. The molecule has 6 heteroatoms. The number of hydrogen-bond acceptors (Lipinski definition) is 5. The zero-order valence-electron chi connectivity index (χ0n) is 17.4. The second-order valence-electron chi connectivity index (χ2n) is 6.98. The largest absolute Gasteiger partial charge is 0.481 e. The third kappa shape index (κ3) is 15.0. The number of esters is 2. The van der Waals surface area contributed by atoms with Crippen molar-refractivity contribution in [2.75, 3.05) is 13.2 Å². The highest BCUT2D eigenvalue weighted by Crippen LogP contribution is 2.12. The second-order valence-corrected chi connectivity index (χ2v) is 6.98. The molecule has 0 aromatic rings. The molecule has 0 aliphatic carbocycles. The highest BCUT2D eigenvalue weighted by atomic mass is 16.6. The summed E-state index contributed by atoms with van der Waals surface area (Å²) >= 11 is 0. The Morgan fingerprint density at radius 2 is 1.54 bits per heavy atom. The molecule has 1 unspecified atom stereocenters. The van der Waals surface area contributed by atoms with Crippen molar-refractivity contribution in [3.8, 4) is 0 Å². The van der Waals surface area contributed by atoms with E-state index in [1.165, 1.54) is 45.4 Å². The Kier molecular flexibility index (Phi) is 15.7. The minimum Gasteiger partial charge on any atom is -0.481 e. The van der Waals surface area contributed by atoms with Gasteiger partial charge in [0.2, 0.25) is 0 Å². The van der Waals surface area contributed by atoms with Gasteiger partial charge in [0.1, 0.15) is 13.2 Å². The first kappa shape index (κ1) is 25.9. The van der Waals surface area contributed by atoms with E-state index in [0.29, 0.717) is 0 Å². The van der Waals surface area contributed by atoms with Gasteiger partial charge in [0.05, 0.1) is 12.3 Å². The van der Waals surface area contributed by atoms with Crippen molar-refractivity contribution in [1.82, 2.24) is 0 Å². The summed E-state index contributed by atoms with van der Waals surface area (Å²) in [7, 11) is 0. The Labute approximate surface area is 169 Å². The highest BCUT2D eigenvalue weighted by molar-refractivity contribution is 5.86. The molecular formula is C22H36O6. The Hall–Kier alpha value is -2.11. The van der Waals surface area contributed by atoms with Gasteiger partial charge in [-0.15, -0.1) is 0 Å². The molecule has 1 N–H and O–H groups in total. The van der Waals surface area contributed by atoms with Crippen LogP contribution in [0.25, 0.3) is 0 Å². The lowest BCUT2D eigenvalue weighted by Gasteiger charge is -2.09. The van der Waals surface area contributed by atoms with Crippen LogP contribution in [-0.4, -0.2) is 36.2 Å². The van der Waals surface area contributed by atoms with Crippen LogP contribution in [-0.2, 0) is 23.9 Å². The zero-order valence-corrected chi connectivity index (χ0v) is 17.4. The molecule has 0 fully saturated rings. The van der Waals surface area contributed by atoms with E-state index in [2.05, 4.69) is 13.5 Å². The minimum atomic E-state index is -1.06. The Balaban J connectivity index is 3.93. The molecule has 0 aliphatic rings. The number of hydrogen-bond donors (Lipinski definition) is 1. The summed E-state index contributed by atoms with van der Waals surface area (Å²) in [6.07, 6.45) is 13.8. The highest BCUT2D eigenvalue weighted by Gasteiger charge is 2.19. The maximum absolute atomic E-state index is 11.7. The normalized spacial score (nSPS) is 11.9. The van der Waals surface area contributed by atoms with Gasteiger partial charge in [0.25, 0.3) is 0 Å². The van der Waals surface area contributed by atoms with Crippen LogP contribution in [0.1, 0.15) is 78.1 Å². The number of rotatable bonds is 17. The SMILES string of the molecule is C=C(C)C(=O)OCCOC(=O)CC(C=CCCCCCCCCCC)C(=O)O. The quantitative estimate of drug-likeness (QED) is 0.164. The Morgan fingerprint density at radius 1 is 0.964 bits per heavy atom. The Morgan fingerprint density at radius 3 is 2.11 bits per heavy atom. The van der Waals surface area contributed by atoms with Crippen LogP contribution in [0.15, 0.2) is 24.3 Å². The average molecular weight is 397 g/mol. The molecule has 0 rings (SSSR count). The van der Waals surface area contributed by atoms with Crippen molar-refractivity contribution in [3.63, 3.8) is 0 Å². The predicted molar refractivity (Wildman–Crippen MR) is 109 cm³/mol. The van der Waals surface area contributed by atoms with Crippen molar-refractivity contribution in [3.05, 3.63) is 24.3 Å². The van der Waals surface area contributed by atoms with Crippen LogP contribution in [0.3, 0.4) is 0 Å². The average Bonchev–Trinajstić information content (AvgIpc) is 2.65. The lowest BCUT2D eigenvalue weighted by atomic mass is 10.0. The summed E-state index contributed by atoms with van der Waals surface area (Å²) in [6, 6.07) is 0. The van der Waals surface area contributed by atoms with E-state index in [1.807, 2.05) is 6.08 Å². The van der Waals surface area contributed by atoms with Crippen LogP contribution in [0.4, 0.5) is 0 Å². The second kappa shape index (κ2) is 17.0. The van der Waals surface area contributed by atoms with E-state index in [1.54, 1.807) is 6.08 Å². The molecule has 1 atom stereocenters. The lowest BCUT2D eigenvalue weighted by molar-refractivity contribution is -0.153. The molecule has 0 aliphatic heterocycles. The number of aliphatic carboxylic acids is 1. The van der Waals surface area contributed by atoms with Crippen LogP contribution in [0.2, 0.25) is 0 Å². The molecule has 0 heterocycles. The molecule has 0 radical (unpaired) electrons. The summed E-state index contributed by atoms with van der Waals surface area (Å²) < 4.78 is 9.71. The number of unbranched alkanes of at least 4 members (excludes halogenated alkanes) is 8. The fourth-order valence-electron chi connectivity index (χ4n) is 2.55. The summed E-state index contributed by atoms with van der Waals surface area (Å²) in [4.78, 5) is 34.2. The van der Waals surface area contributed by atoms with Gasteiger partial charge in [-0.25, -0.2) is 4.79 Å². The van der Waals surface area contributed by atoms with E-state index in [0.717, 1.165) is 19.3 Å². The van der Waals surface area contributed by atoms with Crippen LogP contribution < -0.4 is 0 Å². The van der Waals surface area contributed by atoms with Crippen molar-refractivity contribution in [2.45, 2.75) is 78.1 Å². The lowest BCUT2D eigenvalue weighted by Crippen LogP contribution is -2.19. The van der Waals surface area contributed by atoms with Crippen molar-refractivity contribution >= 4 is 17.9 Å². The van der Waals surface area contributed by atoms with Gasteiger partial charge in [-0.05, 0) is 19.8 Å². The number of carboxylic acid groups (broad SMARTS) is 1. The van der Waals surface area contributed by atoms with Gasteiger partial charge < -0.3 is 14.6 Å². The first-order valence-electron chi connectivity index (χ1n) is 10.3. The smallest absolute Gasteiger partial charge is 0.333 e. The fraction of sp³-hybridized carbons (Fsp3) is 0.682. The molecule has 0 saturated heterocycles. The van der Waals surface area contributed by atoms with Gasteiger partial charge in [-0.2, -0.15) is 0 Å². The summed E-state index contributed by atoms with van der Waals surface area (Å²) in [5, 5.41) is 9.23. The topological polar surface area (TPSA) is 89.9 Å². The summed E-state index contributed by atoms with van der Waals surface area (Å²) in [5.41, 5.74) is 0.263. The van der Waals surface area contributed by atoms with Crippen LogP contribution >= 0.6 is 0 Å². The van der Waals surface area contributed by atoms with Crippen LogP contribution in [0, 0.1) is 5.92 Å². The van der Waals surface area contributed by atoms with E-state index < -0.39 is 23.8 Å². The molecule has 0 spiro atoms. The first-order chi connectivity index (χ1) is 13.4. The molecule has 0 amide bonds. The molecule has 160 valence electrons. The number of allylic oxidation sites excluding steroid dienone is 1. The number of carboxylic acids is 1. The summed E-state index contributed by atoms with van der Waals surface area (Å²) in [5.74, 6) is -3.14. The van der Waals surface area contributed by atoms with Gasteiger partial charge in [0, 0.05) is 5.57 Å². The minimum absolute atomic E-state index is 0.0799. The maximum atomic E-state index is 11.7. The van der Waals surface area contributed by atoms with Crippen molar-refractivity contribution in [1.29, 1.82) is 0 Å². The molecule has 28 heavy (non-hydrogen) atoms. The zero-order chi connectivity index (χ0) is 21.2. The monoisotopic (exact) mass is 396 g/mol. The standard InChI is InChI=1S/C22H36O6/c1-4-5-6-7-8-9-10-11-12-13-14-19(21(24)25)17-20(23)27-15-16-28-22(26)18(2)3/h13-14,19H,2,4-12,15-17H2,1,3H3,(H,24,25). The molecule has 0 aromatic carbocycles. The molecule has 0 aromatic heterocycles. The first-order valence-corrected chi connectivity index (χ1v) is 10.3. The van der Waals surface area contributed by atoms with Gasteiger partial charge in [-0.3, -0.25) is 9.59 Å². The molecule has 6 nitrogen and oxygen atoms in total. The van der Waals surface area contributed by atoms with E-state index in [4.69, 9.17) is 9.47 Å². The maximum Gasteiger partial charge on any atom is 0.333 e. The van der Waals surface area contributed by atoms with Gasteiger partial charge in [0.15, 0.2) is 0 Å². The van der Waals surface area contributed by atoms with Gasteiger partial charge in [-0.1, -0.05) is 70.6 Å². The number of carbonyl (C=O) groups is 3. The number of ether oxygens (including phenoxy) is 2. The molecule has 0 saturated carbocycles. The van der Waals surface area contributed by atoms with Crippen molar-refractivity contribution in [2.24, 2.45) is 5.92 Å². The van der Waals surface area contributed by atoms with Crippen molar-refractivity contribution < 1.29 is 29.0 Å². The predicted octanol–water partition coefficient (Wildman–Crippen LogP) is 4.83. The third-order valence-electron chi connectivity index (χ3n) is 4.22. The number of carbonyl (C=O) groups excluding carboxylic acids is 2. The van der Waals surface area contributed by atoms with E-state index in [-0.39, 0.29) is 25.2 Å². The fourth-order valence-corrected chi connectivity index (χ4v) is 2.55. The Bertz CT molecular complexity index is 509. The van der Waals surface area contributed by atoms with E-state index >= 15 is 0 Å². The molecule has 0 bridgehead atoms. The molecular weight excluding hydrogens is 360 g/mol. The van der Waals surface area contributed by atoms with E-state index in [9.17, 15) is 19.5 Å².